The number of aliphatic hydroxyl groups excluding tert-OH is 1. The largest absolute Gasteiger partial charge is 0.444 e. The fraction of sp³-hybridized carbons (Fsp3) is 0.629. The van der Waals surface area contributed by atoms with E-state index in [0.717, 1.165) is 6.42 Å². The van der Waals surface area contributed by atoms with Crippen molar-refractivity contribution in [3.8, 4) is 0 Å². The molecule has 0 bridgehead atoms. The summed E-state index contributed by atoms with van der Waals surface area (Å²) in [6.45, 7) is 2.52. The minimum absolute atomic E-state index is 0.00876. The molecule has 14 nitrogen and oxygen atoms in total. The minimum atomic E-state index is -3.93. The number of carbonyl (C=O) groups excluding carboxylic acids is 5. The van der Waals surface area contributed by atoms with E-state index in [1.807, 2.05) is 12.2 Å². The maximum absolute atomic E-state index is 14.4. The van der Waals surface area contributed by atoms with Crippen LogP contribution in [0.15, 0.2) is 30.4 Å². The monoisotopic (exact) mass is 731 g/mol. The second-order valence-corrected chi connectivity index (χ2v) is 17.0. The number of aliphatic hydroxyl groups is 1. The van der Waals surface area contributed by atoms with Gasteiger partial charge in [0.25, 0.3) is 5.91 Å². The second-order valence-electron chi connectivity index (χ2n) is 15.1. The number of halogens is 1. The Balaban J connectivity index is 1.26. The Hall–Kier alpha value is -4.05. The first kappa shape index (κ1) is 36.7. The van der Waals surface area contributed by atoms with E-state index in [9.17, 15) is 41.9 Å². The lowest BCUT2D eigenvalue weighted by Crippen LogP contribution is -2.59. The Morgan fingerprint density at radius 1 is 1.12 bits per heavy atom. The van der Waals surface area contributed by atoms with E-state index >= 15 is 0 Å². The zero-order valence-corrected chi connectivity index (χ0v) is 29.7. The van der Waals surface area contributed by atoms with Crippen molar-refractivity contribution in [2.24, 2.45) is 11.3 Å². The summed E-state index contributed by atoms with van der Waals surface area (Å²) in [7, 11) is -3.93. The van der Waals surface area contributed by atoms with Crippen LogP contribution in [0, 0.1) is 17.2 Å². The van der Waals surface area contributed by atoms with E-state index in [4.69, 9.17) is 4.74 Å². The molecule has 0 unspecified atom stereocenters. The van der Waals surface area contributed by atoms with Gasteiger partial charge in [0.1, 0.15) is 29.5 Å². The van der Waals surface area contributed by atoms with Crippen LogP contribution in [0.2, 0.25) is 0 Å². The molecule has 1 aromatic carbocycles. The lowest BCUT2D eigenvalue weighted by atomic mass is 9.92. The van der Waals surface area contributed by atoms with Crippen molar-refractivity contribution in [1.82, 2.24) is 25.2 Å². The molecule has 51 heavy (non-hydrogen) atoms. The topological polar surface area (TPSA) is 192 Å². The number of amides is 5. The fourth-order valence-corrected chi connectivity index (χ4v) is 8.36. The molecule has 2 aliphatic carbocycles. The van der Waals surface area contributed by atoms with Gasteiger partial charge in [-0.25, -0.2) is 17.6 Å². The average molecular weight is 732 g/mol. The number of sulfonamides is 1. The molecule has 3 fully saturated rings. The van der Waals surface area contributed by atoms with Crippen LogP contribution in [0.5, 0.6) is 0 Å². The molecule has 5 atom stereocenters. The van der Waals surface area contributed by atoms with Gasteiger partial charge in [0.05, 0.1) is 30.4 Å². The normalized spacial score (nSPS) is 29.0. The molecule has 2 saturated carbocycles. The maximum atomic E-state index is 14.4. The van der Waals surface area contributed by atoms with E-state index in [0.29, 0.717) is 43.2 Å². The third-order valence-electron chi connectivity index (χ3n) is 10.6. The standard InChI is InChI=1S/C35H46FN5O9S/c1-34(2,20-42)31(45)37-27-12-7-5-3-4-6-10-22-16-35(22,32(46)39-51(48,49)24-13-14-24)38-29(43)28-15-23(18-41(28)30(27)44)50-33(47)40-17-21-9-8-11-26(36)25(21)19-40/h6,8-11,22-24,27-28,42H,3-5,7,12-20H2,1-2H3,(H,37,45)(H,38,43)(H,39,46)/b10-6-/t22-,23+,27-,28-,35+/m0/s1. The molecule has 0 radical (unpaired) electrons. The summed E-state index contributed by atoms with van der Waals surface area (Å²) in [6.07, 6.45) is 5.80. The van der Waals surface area contributed by atoms with Crippen molar-refractivity contribution >= 4 is 39.7 Å². The van der Waals surface area contributed by atoms with E-state index < -0.39 is 92.5 Å². The molecule has 5 amide bonds. The number of ether oxygens (including phenoxy) is 1. The number of fused-ring (bicyclic) bond motifs is 3. The lowest BCUT2D eigenvalue weighted by molar-refractivity contribution is -0.144. The highest BCUT2D eigenvalue weighted by molar-refractivity contribution is 7.91. The summed E-state index contributed by atoms with van der Waals surface area (Å²) in [5.41, 5.74) is -1.74. The number of nitrogens with one attached hydrogen (secondary N) is 3. The molecule has 278 valence electrons. The molecule has 1 saturated heterocycles. The van der Waals surface area contributed by atoms with Gasteiger partial charge < -0.3 is 25.4 Å². The summed E-state index contributed by atoms with van der Waals surface area (Å²) in [5, 5.41) is 14.7. The number of allylic oxidation sites excluding steroid dienone is 1. The van der Waals surface area contributed by atoms with Crippen molar-refractivity contribution in [2.45, 2.75) is 114 Å². The number of nitrogens with zero attached hydrogens (tertiary/aromatic N) is 2. The van der Waals surface area contributed by atoms with Gasteiger partial charge in [-0.15, -0.1) is 0 Å². The highest BCUT2D eigenvalue weighted by Gasteiger charge is 2.62. The SMILES string of the molecule is CC(C)(CO)C(=O)N[C@H]1CCCCC/C=C\[C@H]2C[C@@]2(C(=O)NS(=O)(=O)C2CC2)NC(=O)[C@@H]2C[C@@H](OC(=O)N3Cc4cccc(F)c4C3)CN2C1=O. The predicted octanol–water partition coefficient (Wildman–Crippen LogP) is 1.75. The van der Waals surface area contributed by atoms with Crippen LogP contribution in [0.4, 0.5) is 9.18 Å². The first-order chi connectivity index (χ1) is 24.1. The van der Waals surface area contributed by atoms with Crippen LogP contribution in [-0.4, -0.2) is 95.2 Å². The van der Waals surface area contributed by atoms with Crippen molar-refractivity contribution in [1.29, 1.82) is 0 Å². The van der Waals surface area contributed by atoms with Crippen LogP contribution in [0.25, 0.3) is 0 Å². The lowest BCUT2D eigenvalue weighted by Gasteiger charge is -2.31. The minimum Gasteiger partial charge on any atom is -0.444 e. The Morgan fingerprint density at radius 3 is 2.59 bits per heavy atom. The van der Waals surface area contributed by atoms with Gasteiger partial charge in [0.2, 0.25) is 27.7 Å². The van der Waals surface area contributed by atoms with Gasteiger partial charge in [-0.2, -0.15) is 0 Å². The van der Waals surface area contributed by atoms with Gasteiger partial charge in [0, 0.05) is 24.4 Å². The maximum Gasteiger partial charge on any atom is 0.410 e. The first-order valence-corrected chi connectivity index (χ1v) is 19.2. The quantitative estimate of drug-likeness (QED) is 0.303. The van der Waals surface area contributed by atoms with Gasteiger partial charge >= 0.3 is 6.09 Å². The first-order valence-electron chi connectivity index (χ1n) is 17.6. The Kier molecular flexibility index (Phi) is 10.2. The number of hydrogen-bond donors (Lipinski definition) is 4. The predicted molar refractivity (Wildman–Crippen MR) is 180 cm³/mol. The van der Waals surface area contributed by atoms with Crippen LogP contribution < -0.4 is 15.4 Å². The van der Waals surface area contributed by atoms with Gasteiger partial charge in [-0.3, -0.25) is 28.8 Å². The van der Waals surface area contributed by atoms with E-state index in [1.165, 1.54) is 29.7 Å². The van der Waals surface area contributed by atoms with Crippen molar-refractivity contribution in [3.63, 3.8) is 0 Å². The average Bonchev–Trinajstić information content (AvgIpc) is 3.97. The molecule has 16 heteroatoms. The Bertz CT molecular complexity index is 1730. The molecular weight excluding hydrogens is 685 g/mol. The van der Waals surface area contributed by atoms with Crippen LogP contribution >= 0.6 is 0 Å². The molecule has 6 rings (SSSR count). The number of carbonyl (C=O) groups is 5. The molecule has 3 aliphatic heterocycles. The Labute approximate surface area is 296 Å². The summed E-state index contributed by atoms with van der Waals surface area (Å²) >= 11 is 0. The van der Waals surface area contributed by atoms with Crippen molar-refractivity contribution < 1.29 is 46.6 Å². The molecule has 1 aromatic rings. The molecule has 5 aliphatic rings. The number of benzene rings is 1. The van der Waals surface area contributed by atoms with Crippen LogP contribution in [-0.2, 0) is 47.0 Å². The van der Waals surface area contributed by atoms with Gasteiger partial charge in [-0.05, 0) is 64.0 Å². The summed E-state index contributed by atoms with van der Waals surface area (Å²) in [4.78, 5) is 71.1. The summed E-state index contributed by atoms with van der Waals surface area (Å²) < 4.78 is 47.8. The summed E-state index contributed by atoms with van der Waals surface area (Å²) in [6, 6.07) is 2.27. The molecule has 0 aromatic heterocycles. The van der Waals surface area contributed by atoms with Crippen molar-refractivity contribution in [3.05, 3.63) is 47.3 Å². The third kappa shape index (κ3) is 7.76. The molecular formula is C35H46FN5O9S. The number of rotatable bonds is 7. The summed E-state index contributed by atoms with van der Waals surface area (Å²) in [5.74, 6) is -3.65. The van der Waals surface area contributed by atoms with Gasteiger partial charge in [-0.1, -0.05) is 37.1 Å². The molecule has 0 spiro atoms. The van der Waals surface area contributed by atoms with E-state index in [1.54, 1.807) is 12.1 Å². The van der Waals surface area contributed by atoms with Crippen LogP contribution in [0.1, 0.15) is 82.8 Å². The molecule has 3 heterocycles. The number of hydrogen-bond acceptors (Lipinski definition) is 9. The fourth-order valence-electron chi connectivity index (χ4n) is 7.00. The third-order valence-corrected chi connectivity index (χ3v) is 12.4. The zero-order chi connectivity index (χ0) is 36.7. The van der Waals surface area contributed by atoms with E-state index in [-0.39, 0.29) is 38.9 Å². The second kappa shape index (κ2) is 14.2. The van der Waals surface area contributed by atoms with Crippen LogP contribution in [0.3, 0.4) is 0 Å². The van der Waals surface area contributed by atoms with Crippen molar-refractivity contribution in [2.75, 3.05) is 13.2 Å². The Morgan fingerprint density at radius 2 is 1.88 bits per heavy atom. The highest BCUT2D eigenvalue weighted by Crippen LogP contribution is 2.46. The highest BCUT2D eigenvalue weighted by atomic mass is 32.2. The van der Waals surface area contributed by atoms with Gasteiger partial charge in [0.15, 0.2) is 0 Å². The smallest absolute Gasteiger partial charge is 0.410 e. The zero-order valence-electron chi connectivity index (χ0n) is 28.9. The van der Waals surface area contributed by atoms with E-state index in [2.05, 4.69) is 15.4 Å². The molecule has 4 N–H and O–H groups in total.